The molecule has 0 bridgehead atoms. The molecule has 1 fully saturated rings. The van der Waals surface area contributed by atoms with Gasteiger partial charge in [-0.25, -0.2) is 9.98 Å². The fourth-order valence-electron chi connectivity index (χ4n) is 3.74. The van der Waals surface area contributed by atoms with E-state index in [9.17, 15) is 0 Å². The molecule has 7 heteroatoms. The summed E-state index contributed by atoms with van der Waals surface area (Å²) < 4.78 is 11.0. The number of ether oxygens (including phenoxy) is 2. The number of aromatic nitrogens is 1. The number of hydrogen-bond acceptors (Lipinski definition) is 5. The standard InChI is InChI=1S/C22H32N4O2S/c1-5-23-21(24-14-20-16(2)26-17(3)29-20)25-15-22(10-12-28-13-11-22)18-6-8-19(27-4)9-7-18/h6-9H,5,10-15H2,1-4H3,(H2,23,24,25). The minimum absolute atomic E-state index is 0.0255. The Morgan fingerprint density at radius 3 is 2.52 bits per heavy atom. The lowest BCUT2D eigenvalue weighted by atomic mass is 9.74. The number of rotatable bonds is 7. The van der Waals surface area contributed by atoms with Gasteiger partial charge in [-0.3, -0.25) is 0 Å². The van der Waals surface area contributed by atoms with E-state index in [0.29, 0.717) is 6.54 Å². The zero-order valence-corrected chi connectivity index (χ0v) is 18.7. The van der Waals surface area contributed by atoms with Gasteiger partial charge in [-0.05, 0) is 51.3 Å². The highest BCUT2D eigenvalue weighted by atomic mass is 32.1. The SMILES string of the molecule is CCNC(=NCc1sc(C)nc1C)NCC1(c2ccc(OC)cc2)CCOCC1. The third-order valence-corrected chi connectivity index (χ3v) is 6.53. The second kappa shape index (κ2) is 10.1. The summed E-state index contributed by atoms with van der Waals surface area (Å²) in [5, 5.41) is 8.06. The second-order valence-electron chi connectivity index (χ2n) is 7.41. The van der Waals surface area contributed by atoms with Gasteiger partial charge in [0.05, 0.1) is 24.4 Å². The van der Waals surface area contributed by atoms with E-state index in [1.165, 1.54) is 10.4 Å². The molecule has 0 radical (unpaired) electrons. The van der Waals surface area contributed by atoms with Gasteiger partial charge in [0.25, 0.3) is 0 Å². The molecule has 0 amide bonds. The predicted octanol–water partition coefficient (Wildman–Crippen LogP) is 3.57. The maximum Gasteiger partial charge on any atom is 0.191 e. The largest absolute Gasteiger partial charge is 0.497 e. The van der Waals surface area contributed by atoms with Crippen LogP contribution < -0.4 is 15.4 Å². The molecule has 1 saturated heterocycles. The van der Waals surface area contributed by atoms with Crippen molar-refractivity contribution in [3.8, 4) is 5.75 Å². The minimum Gasteiger partial charge on any atom is -0.497 e. The van der Waals surface area contributed by atoms with Crippen LogP contribution >= 0.6 is 11.3 Å². The van der Waals surface area contributed by atoms with Crippen molar-refractivity contribution in [1.29, 1.82) is 0 Å². The van der Waals surface area contributed by atoms with Gasteiger partial charge in [-0.15, -0.1) is 11.3 Å². The first-order valence-corrected chi connectivity index (χ1v) is 11.1. The summed E-state index contributed by atoms with van der Waals surface area (Å²) in [6.07, 6.45) is 1.97. The van der Waals surface area contributed by atoms with Gasteiger partial charge in [0.2, 0.25) is 0 Å². The quantitative estimate of drug-likeness (QED) is 0.533. The van der Waals surface area contributed by atoms with Gasteiger partial charge in [-0.2, -0.15) is 0 Å². The summed E-state index contributed by atoms with van der Waals surface area (Å²) in [7, 11) is 1.70. The van der Waals surface area contributed by atoms with Crippen molar-refractivity contribution in [2.24, 2.45) is 4.99 Å². The number of hydrogen-bond donors (Lipinski definition) is 2. The molecule has 1 aromatic carbocycles. The molecule has 29 heavy (non-hydrogen) atoms. The summed E-state index contributed by atoms with van der Waals surface area (Å²) in [5.41, 5.74) is 2.42. The van der Waals surface area contributed by atoms with Crippen molar-refractivity contribution < 1.29 is 9.47 Å². The summed E-state index contributed by atoms with van der Waals surface area (Å²) in [4.78, 5) is 10.5. The van der Waals surface area contributed by atoms with E-state index >= 15 is 0 Å². The molecule has 3 rings (SSSR count). The molecular formula is C22H32N4O2S. The molecule has 2 aromatic rings. The number of aryl methyl sites for hydroxylation is 2. The number of thiazole rings is 1. The van der Waals surface area contributed by atoms with E-state index in [1.807, 2.05) is 19.1 Å². The van der Waals surface area contributed by atoms with Crippen LogP contribution in [0.5, 0.6) is 5.75 Å². The van der Waals surface area contributed by atoms with Crippen molar-refractivity contribution in [3.63, 3.8) is 0 Å². The average molecular weight is 417 g/mol. The maximum atomic E-state index is 5.66. The Labute approximate surface area is 177 Å². The number of benzene rings is 1. The fraction of sp³-hybridized carbons (Fsp3) is 0.545. The van der Waals surface area contributed by atoms with Crippen LogP contribution in [0.25, 0.3) is 0 Å². The van der Waals surface area contributed by atoms with Gasteiger partial charge in [0, 0.05) is 36.6 Å². The number of nitrogens with one attached hydrogen (secondary N) is 2. The van der Waals surface area contributed by atoms with Crippen LogP contribution in [0.4, 0.5) is 0 Å². The van der Waals surface area contributed by atoms with E-state index in [2.05, 4.69) is 41.6 Å². The van der Waals surface area contributed by atoms with Crippen molar-refractivity contribution in [2.45, 2.75) is 45.6 Å². The predicted molar refractivity (Wildman–Crippen MR) is 119 cm³/mol. The Morgan fingerprint density at radius 2 is 1.93 bits per heavy atom. The molecule has 1 aliphatic rings. The van der Waals surface area contributed by atoms with Crippen molar-refractivity contribution in [3.05, 3.63) is 45.4 Å². The number of aliphatic imine (C=N–C) groups is 1. The highest BCUT2D eigenvalue weighted by Gasteiger charge is 2.34. The summed E-state index contributed by atoms with van der Waals surface area (Å²) in [6, 6.07) is 8.44. The van der Waals surface area contributed by atoms with Crippen LogP contribution in [0, 0.1) is 13.8 Å². The van der Waals surface area contributed by atoms with Crippen molar-refractivity contribution in [2.75, 3.05) is 33.4 Å². The molecule has 158 valence electrons. The van der Waals surface area contributed by atoms with Crippen LogP contribution in [0.2, 0.25) is 0 Å². The molecule has 0 spiro atoms. The highest BCUT2D eigenvalue weighted by molar-refractivity contribution is 7.11. The second-order valence-corrected chi connectivity index (χ2v) is 8.70. The van der Waals surface area contributed by atoms with Crippen LogP contribution in [0.1, 0.15) is 40.9 Å². The van der Waals surface area contributed by atoms with Gasteiger partial charge in [-0.1, -0.05) is 12.1 Å². The van der Waals surface area contributed by atoms with E-state index in [4.69, 9.17) is 14.5 Å². The zero-order chi connectivity index (χ0) is 20.7. The van der Waals surface area contributed by atoms with Gasteiger partial charge < -0.3 is 20.1 Å². The summed E-state index contributed by atoms with van der Waals surface area (Å²) in [6.45, 7) is 10.0. The third-order valence-electron chi connectivity index (χ3n) is 5.47. The number of methoxy groups -OCH3 is 1. The normalized spacial score (nSPS) is 16.5. The summed E-state index contributed by atoms with van der Waals surface area (Å²) >= 11 is 1.72. The first-order chi connectivity index (χ1) is 14.1. The summed E-state index contributed by atoms with van der Waals surface area (Å²) in [5.74, 6) is 1.73. The lowest BCUT2D eigenvalue weighted by Gasteiger charge is -2.38. The Hall–Kier alpha value is -2.12. The maximum absolute atomic E-state index is 5.66. The van der Waals surface area contributed by atoms with Gasteiger partial charge in [0.15, 0.2) is 5.96 Å². The highest BCUT2D eigenvalue weighted by Crippen LogP contribution is 2.35. The third kappa shape index (κ3) is 5.48. The Balaban J connectivity index is 1.74. The Morgan fingerprint density at radius 1 is 1.21 bits per heavy atom. The first-order valence-electron chi connectivity index (χ1n) is 10.2. The monoisotopic (exact) mass is 416 g/mol. The fourth-order valence-corrected chi connectivity index (χ4v) is 4.60. The molecule has 0 saturated carbocycles. The lowest BCUT2D eigenvalue weighted by Crippen LogP contribution is -2.48. The van der Waals surface area contributed by atoms with Crippen molar-refractivity contribution in [1.82, 2.24) is 15.6 Å². The molecule has 0 aliphatic carbocycles. The van der Waals surface area contributed by atoms with E-state index in [1.54, 1.807) is 18.4 Å². The van der Waals surface area contributed by atoms with Crippen LogP contribution in [-0.2, 0) is 16.7 Å². The number of guanidine groups is 1. The molecule has 6 nitrogen and oxygen atoms in total. The molecule has 2 N–H and O–H groups in total. The molecule has 0 atom stereocenters. The van der Waals surface area contributed by atoms with Crippen LogP contribution in [-0.4, -0.2) is 44.4 Å². The lowest BCUT2D eigenvalue weighted by molar-refractivity contribution is 0.0513. The minimum atomic E-state index is 0.0255. The van der Waals surface area contributed by atoms with E-state index in [0.717, 1.165) is 61.6 Å². The molecule has 1 aliphatic heterocycles. The van der Waals surface area contributed by atoms with Gasteiger partial charge in [0.1, 0.15) is 5.75 Å². The number of nitrogens with zero attached hydrogens (tertiary/aromatic N) is 2. The molecular weight excluding hydrogens is 384 g/mol. The molecule has 1 aromatic heterocycles. The van der Waals surface area contributed by atoms with E-state index < -0.39 is 0 Å². The Kier molecular flexibility index (Phi) is 7.50. The van der Waals surface area contributed by atoms with Crippen LogP contribution in [0.3, 0.4) is 0 Å². The van der Waals surface area contributed by atoms with E-state index in [-0.39, 0.29) is 5.41 Å². The average Bonchev–Trinajstić information content (AvgIpc) is 3.07. The smallest absolute Gasteiger partial charge is 0.191 e. The zero-order valence-electron chi connectivity index (χ0n) is 17.9. The van der Waals surface area contributed by atoms with Gasteiger partial charge >= 0.3 is 0 Å². The van der Waals surface area contributed by atoms with Crippen LogP contribution in [0.15, 0.2) is 29.3 Å². The Bertz CT molecular complexity index is 811. The van der Waals surface area contributed by atoms with Crippen molar-refractivity contribution >= 4 is 17.3 Å². The molecule has 2 heterocycles. The molecule has 0 unspecified atom stereocenters. The topological polar surface area (TPSA) is 67.8 Å². The first kappa shape index (κ1) is 21.6.